The lowest BCUT2D eigenvalue weighted by atomic mass is 9.97. The first-order valence-corrected chi connectivity index (χ1v) is 12.9. The van der Waals surface area contributed by atoms with E-state index < -0.39 is 85.3 Å². The number of ether oxygens (including phenoxy) is 4. The molecule has 14 heteroatoms. The van der Waals surface area contributed by atoms with E-state index in [1.165, 1.54) is 19.1 Å². The fourth-order valence-electron chi connectivity index (χ4n) is 4.70. The maximum Gasteiger partial charge on any atom is 0.229 e. The van der Waals surface area contributed by atoms with E-state index in [9.17, 15) is 50.8 Å². The molecule has 0 radical (unpaired) electrons. The number of Topliss-reactive ketones (excluding diaryl/α,β-unsaturated/α-hetero) is 1. The van der Waals surface area contributed by atoms with Crippen LogP contribution in [0, 0.1) is 0 Å². The van der Waals surface area contributed by atoms with Gasteiger partial charge in [-0.1, -0.05) is 12.1 Å². The molecule has 0 bridgehead atoms. The van der Waals surface area contributed by atoms with Crippen LogP contribution in [-0.4, -0.2) is 120 Å². The van der Waals surface area contributed by atoms with Gasteiger partial charge in [0, 0.05) is 18.6 Å². The van der Waals surface area contributed by atoms with E-state index in [2.05, 4.69) is 0 Å². The van der Waals surface area contributed by atoms with Crippen LogP contribution in [0.3, 0.4) is 0 Å². The smallest absolute Gasteiger partial charge is 0.229 e. The monoisotopic (exact) mass is 582 g/mol. The summed E-state index contributed by atoms with van der Waals surface area (Å²) in [5.74, 6) is -2.00. The molecule has 4 rings (SSSR count). The number of aryl methyl sites for hydroxylation is 1. The van der Waals surface area contributed by atoms with Crippen molar-refractivity contribution in [3.05, 3.63) is 47.5 Å². The topological polar surface area (TPSA) is 236 Å². The molecule has 0 aliphatic carbocycles. The number of ketones is 1. The quantitative estimate of drug-likeness (QED) is 0.156. The molecular weight excluding hydrogens is 548 g/mol. The molecule has 9 N–H and O–H groups in total. The first-order valence-electron chi connectivity index (χ1n) is 12.9. The highest BCUT2D eigenvalue weighted by Crippen LogP contribution is 2.36. The molecule has 2 aromatic carbocycles. The normalized spacial score (nSPS) is 33.8. The van der Waals surface area contributed by atoms with Crippen LogP contribution in [0.2, 0.25) is 0 Å². The highest BCUT2D eigenvalue weighted by molar-refractivity contribution is 6.01. The van der Waals surface area contributed by atoms with Crippen LogP contribution in [0.5, 0.6) is 23.0 Å². The van der Waals surface area contributed by atoms with Crippen molar-refractivity contribution in [2.24, 2.45) is 0 Å². The number of carbonyl (C=O) groups excluding carboxylic acids is 1. The minimum atomic E-state index is -1.77. The average molecular weight is 583 g/mol. The average Bonchev–Trinajstić information content (AvgIpc) is 2.93. The summed E-state index contributed by atoms with van der Waals surface area (Å²) in [5.41, 5.74) is 0.385. The molecule has 0 aromatic heterocycles. The number of phenolic OH excluding ortho intramolecular Hbond substituents is 3. The van der Waals surface area contributed by atoms with Gasteiger partial charge >= 0.3 is 0 Å². The highest BCUT2D eigenvalue weighted by atomic mass is 16.8. The van der Waals surface area contributed by atoms with Gasteiger partial charge in [0.05, 0.1) is 12.7 Å². The number of hydrogen-bond donors (Lipinski definition) is 9. The number of aliphatic hydroxyl groups is 6. The van der Waals surface area contributed by atoms with E-state index >= 15 is 0 Å². The first kappa shape index (κ1) is 30.9. The maximum absolute atomic E-state index is 12.7. The standard InChI is InChI=1S/C27H34O14/c1-11-20(33)22(35)24(37)26(38-11)41-25-23(36)21(34)18(10-28)40-27(25)39-14-8-16(31)19(17(32)9-14)15(30)7-4-12-2-5-13(29)6-3-12/h2-3,5-6,8-9,11,18,20-29,31-37H,4,7,10H2,1H3/t11-,18-,20+,21+,22-,23+,24-,25+,26-,27-/m0/s1. The number of rotatable bonds is 9. The molecule has 2 aliphatic heterocycles. The Morgan fingerprint density at radius 2 is 1.46 bits per heavy atom. The number of aliphatic hydroxyl groups excluding tert-OH is 6. The van der Waals surface area contributed by atoms with E-state index in [0.717, 1.165) is 17.7 Å². The van der Waals surface area contributed by atoms with Gasteiger partial charge in [-0.15, -0.1) is 0 Å². The molecule has 2 aromatic rings. The largest absolute Gasteiger partial charge is 0.508 e. The molecule has 2 saturated heterocycles. The van der Waals surface area contributed by atoms with Crippen LogP contribution >= 0.6 is 0 Å². The Kier molecular flexibility index (Phi) is 9.69. The molecule has 226 valence electrons. The Morgan fingerprint density at radius 1 is 0.829 bits per heavy atom. The zero-order valence-corrected chi connectivity index (χ0v) is 21.9. The minimum Gasteiger partial charge on any atom is -0.508 e. The number of phenols is 3. The van der Waals surface area contributed by atoms with Gasteiger partial charge in [0.25, 0.3) is 0 Å². The van der Waals surface area contributed by atoms with Gasteiger partial charge in [-0.05, 0) is 31.0 Å². The summed E-state index contributed by atoms with van der Waals surface area (Å²) in [6.07, 6.45) is -15.3. The van der Waals surface area contributed by atoms with Crippen molar-refractivity contribution in [2.45, 2.75) is 81.2 Å². The third-order valence-electron chi connectivity index (χ3n) is 7.10. The zero-order valence-electron chi connectivity index (χ0n) is 21.9. The van der Waals surface area contributed by atoms with Crippen LogP contribution in [0.25, 0.3) is 0 Å². The summed E-state index contributed by atoms with van der Waals surface area (Å²) in [7, 11) is 0. The molecule has 41 heavy (non-hydrogen) atoms. The van der Waals surface area contributed by atoms with E-state index in [0.29, 0.717) is 0 Å². The van der Waals surface area contributed by atoms with Crippen LogP contribution in [-0.2, 0) is 20.6 Å². The van der Waals surface area contributed by atoms with Gasteiger partial charge in [0.2, 0.25) is 6.29 Å². The Bertz CT molecular complexity index is 1170. The summed E-state index contributed by atoms with van der Waals surface area (Å²) in [4.78, 5) is 12.7. The first-order chi connectivity index (χ1) is 19.4. The SMILES string of the molecule is C[C@@H]1O[C@@H](O[C@H]2[C@@H](Oc3cc(O)c(C(=O)CCc4ccc(O)cc4)c(O)c3)O[C@@H](CO)[C@@H](O)[C@H]2O)[C@@H](O)[C@@H](O)[C@@H]1O. The number of hydrogen-bond acceptors (Lipinski definition) is 14. The van der Waals surface area contributed by atoms with Crippen molar-refractivity contribution >= 4 is 5.78 Å². The second-order valence-electron chi connectivity index (χ2n) is 10.0. The minimum absolute atomic E-state index is 0.0706. The Hall–Kier alpha value is -3.05. The zero-order chi connectivity index (χ0) is 30.0. The molecule has 0 amide bonds. The number of benzene rings is 2. The van der Waals surface area contributed by atoms with Gasteiger partial charge in [-0.25, -0.2) is 0 Å². The van der Waals surface area contributed by atoms with Gasteiger partial charge in [-0.2, -0.15) is 0 Å². The lowest BCUT2D eigenvalue weighted by molar-refractivity contribution is -0.354. The van der Waals surface area contributed by atoms with Gasteiger partial charge in [0.15, 0.2) is 18.2 Å². The van der Waals surface area contributed by atoms with E-state index in [4.69, 9.17) is 18.9 Å². The summed E-state index contributed by atoms with van der Waals surface area (Å²) in [6, 6.07) is 8.22. The Morgan fingerprint density at radius 3 is 2.07 bits per heavy atom. The second kappa shape index (κ2) is 12.9. The maximum atomic E-state index is 12.7. The van der Waals surface area contributed by atoms with Crippen LogP contribution in [0.15, 0.2) is 36.4 Å². The van der Waals surface area contributed by atoms with Gasteiger partial charge < -0.3 is 64.9 Å². The van der Waals surface area contributed by atoms with E-state index in [1.54, 1.807) is 12.1 Å². The van der Waals surface area contributed by atoms with Gasteiger partial charge in [0.1, 0.15) is 65.2 Å². The molecule has 0 unspecified atom stereocenters. The van der Waals surface area contributed by atoms with E-state index in [-0.39, 0.29) is 29.9 Å². The van der Waals surface area contributed by atoms with Crippen LogP contribution in [0.1, 0.15) is 29.3 Å². The molecule has 14 nitrogen and oxygen atoms in total. The molecule has 2 aliphatic rings. The van der Waals surface area contributed by atoms with Gasteiger partial charge in [-0.3, -0.25) is 4.79 Å². The van der Waals surface area contributed by atoms with Crippen molar-refractivity contribution in [3.63, 3.8) is 0 Å². The predicted octanol–water partition coefficient (Wildman–Crippen LogP) is -1.35. The summed E-state index contributed by atoms with van der Waals surface area (Å²) < 4.78 is 22.2. The van der Waals surface area contributed by atoms with E-state index in [1.807, 2.05) is 0 Å². The lowest BCUT2D eigenvalue weighted by Crippen LogP contribution is -2.64. The third-order valence-corrected chi connectivity index (χ3v) is 7.10. The van der Waals surface area contributed by atoms with Crippen molar-refractivity contribution in [2.75, 3.05) is 6.61 Å². The molecule has 10 atom stereocenters. The molecule has 0 saturated carbocycles. The molecule has 2 fully saturated rings. The Labute approximate surface area is 234 Å². The summed E-state index contributed by atoms with van der Waals surface area (Å²) >= 11 is 0. The number of carbonyl (C=O) groups is 1. The van der Waals surface area contributed by atoms with Crippen LogP contribution in [0.4, 0.5) is 0 Å². The molecule has 2 heterocycles. The third kappa shape index (κ3) is 6.72. The predicted molar refractivity (Wildman–Crippen MR) is 136 cm³/mol. The Balaban J connectivity index is 1.52. The van der Waals surface area contributed by atoms with Crippen molar-refractivity contribution < 1.29 is 69.7 Å². The number of aromatic hydroxyl groups is 3. The highest BCUT2D eigenvalue weighted by Gasteiger charge is 2.51. The van der Waals surface area contributed by atoms with Crippen molar-refractivity contribution in [3.8, 4) is 23.0 Å². The lowest BCUT2D eigenvalue weighted by Gasteiger charge is -2.45. The second-order valence-corrected chi connectivity index (χ2v) is 10.0. The molecular formula is C27H34O14. The summed E-state index contributed by atoms with van der Waals surface area (Å²) in [5, 5.41) is 91.5. The van der Waals surface area contributed by atoms with Crippen molar-refractivity contribution in [1.29, 1.82) is 0 Å². The fraction of sp³-hybridized carbons (Fsp3) is 0.519. The fourth-order valence-corrected chi connectivity index (χ4v) is 4.70. The van der Waals surface area contributed by atoms with Crippen molar-refractivity contribution in [1.82, 2.24) is 0 Å². The molecule has 0 spiro atoms. The van der Waals surface area contributed by atoms with Crippen LogP contribution < -0.4 is 4.74 Å². The summed E-state index contributed by atoms with van der Waals surface area (Å²) in [6.45, 7) is 0.675.